The molecule has 1 N–H and O–H groups in total. The van der Waals surface area contributed by atoms with Crippen LogP contribution in [-0.2, 0) is 4.79 Å². The maximum absolute atomic E-state index is 12.4. The largest absolute Gasteiger partial charge is 0.481 e. The molecule has 3 rings (SSSR count). The predicted octanol–water partition coefficient (Wildman–Crippen LogP) is 2.04. The van der Waals surface area contributed by atoms with Crippen LogP contribution in [-0.4, -0.2) is 44.8 Å². The summed E-state index contributed by atoms with van der Waals surface area (Å²) >= 11 is 0. The lowest BCUT2D eigenvalue weighted by Gasteiger charge is -2.16. The summed E-state index contributed by atoms with van der Waals surface area (Å²) in [5.74, 6) is -1.40. The van der Waals surface area contributed by atoms with E-state index in [-0.39, 0.29) is 12.5 Å². The summed E-state index contributed by atoms with van der Waals surface area (Å²) in [5.41, 5.74) is 3.45. The number of carbonyl (C=O) groups excluding carboxylic acids is 1. The third-order valence-corrected chi connectivity index (χ3v) is 4.19. The number of nitrogens with zero attached hydrogens (tertiary/aromatic N) is 3. The summed E-state index contributed by atoms with van der Waals surface area (Å²) in [6.07, 6.45) is 0.519. The minimum Gasteiger partial charge on any atom is -0.481 e. The van der Waals surface area contributed by atoms with Gasteiger partial charge in [-0.1, -0.05) is 0 Å². The van der Waals surface area contributed by atoms with E-state index in [1.807, 2.05) is 36.7 Å². The van der Waals surface area contributed by atoms with Crippen molar-refractivity contribution in [3.8, 4) is 5.69 Å². The first-order valence-corrected chi connectivity index (χ1v) is 7.61. The van der Waals surface area contributed by atoms with E-state index in [4.69, 9.17) is 5.11 Å². The Kier molecular flexibility index (Phi) is 3.90. The number of aromatic nitrogens is 2. The number of hydrogen-bond donors (Lipinski definition) is 1. The molecular weight excluding hydrogens is 294 g/mol. The Bertz CT molecular complexity index is 749. The quantitative estimate of drug-likeness (QED) is 0.941. The molecule has 1 fully saturated rings. The molecule has 0 radical (unpaired) electrons. The predicted molar refractivity (Wildman–Crippen MR) is 84.7 cm³/mol. The Morgan fingerprint density at radius 2 is 1.91 bits per heavy atom. The summed E-state index contributed by atoms with van der Waals surface area (Å²) < 4.78 is 1.83. The maximum Gasteiger partial charge on any atom is 0.308 e. The summed E-state index contributed by atoms with van der Waals surface area (Å²) in [4.78, 5) is 25.0. The highest BCUT2D eigenvalue weighted by Crippen LogP contribution is 2.20. The van der Waals surface area contributed by atoms with Crippen molar-refractivity contribution in [1.82, 2.24) is 14.7 Å². The Morgan fingerprint density at radius 1 is 1.22 bits per heavy atom. The van der Waals surface area contributed by atoms with Crippen molar-refractivity contribution in [2.75, 3.05) is 13.1 Å². The molecule has 120 valence electrons. The lowest BCUT2D eigenvalue weighted by atomic mass is 10.1. The molecule has 2 heterocycles. The number of carboxylic acid groups (broad SMARTS) is 1. The van der Waals surface area contributed by atoms with Gasteiger partial charge in [0.25, 0.3) is 5.91 Å². The van der Waals surface area contributed by atoms with Crippen molar-refractivity contribution in [2.45, 2.75) is 20.3 Å². The number of aliphatic carboxylic acids is 1. The molecule has 0 aliphatic carbocycles. The minimum absolute atomic E-state index is 0.117. The molecule has 6 nitrogen and oxygen atoms in total. The molecule has 1 unspecified atom stereocenters. The average molecular weight is 313 g/mol. The van der Waals surface area contributed by atoms with E-state index in [0.29, 0.717) is 18.5 Å². The van der Waals surface area contributed by atoms with Crippen molar-refractivity contribution < 1.29 is 14.7 Å². The fourth-order valence-electron chi connectivity index (χ4n) is 2.96. The second-order valence-corrected chi connectivity index (χ2v) is 5.96. The molecule has 0 spiro atoms. The van der Waals surface area contributed by atoms with E-state index in [0.717, 1.165) is 17.1 Å². The van der Waals surface area contributed by atoms with Gasteiger partial charge < -0.3 is 10.0 Å². The smallest absolute Gasteiger partial charge is 0.308 e. The van der Waals surface area contributed by atoms with Crippen LogP contribution in [0, 0.1) is 19.8 Å². The molecule has 1 aromatic carbocycles. The van der Waals surface area contributed by atoms with Crippen LogP contribution in [0.1, 0.15) is 28.2 Å². The lowest BCUT2D eigenvalue weighted by Crippen LogP contribution is -2.29. The number of likely N-dealkylation sites (tertiary alicyclic amines) is 1. The topological polar surface area (TPSA) is 75.4 Å². The number of rotatable bonds is 3. The lowest BCUT2D eigenvalue weighted by molar-refractivity contribution is -0.141. The monoisotopic (exact) mass is 313 g/mol. The molecule has 1 atom stereocenters. The molecule has 1 aliphatic heterocycles. The number of carboxylic acids is 1. The molecule has 1 aliphatic rings. The SMILES string of the molecule is Cc1cc(C)n(-c2ccc(C(=O)N3CCC(C(=O)O)C3)cc2)n1. The zero-order valence-electron chi connectivity index (χ0n) is 13.2. The number of carbonyl (C=O) groups is 2. The van der Waals surface area contributed by atoms with Crippen LogP contribution in [0.4, 0.5) is 0 Å². The van der Waals surface area contributed by atoms with Crippen LogP contribution in [0.15, 0.2) is 30.3 Å². The first kappa shape index (κ1) is 15.3. The molecule has 6 heteroatoms. The standard InChI is InChI=1S/C17H19N3O3/c1-11-9-12(2)20(18-11)15-5-3-13(4-6-15)16(21)19-8-7-14(10-19)17(22)23/h3-6,9,14H,7-8,10H2,1-2H3,(H,22,23). The normalized spacial score (nSPS) is 17.5. The van der Waals surface area contributed by atoms with Crippen molar-refractivity contribution in [2.24, 2.45) is 5.92 Å². The number of benzene rings is 1. The fraction of sp³-hybridized carbons (Fsp3) is 0.353. The van der Waals surface area contributed by atoms with Crippen molar-refractivity contribution in [1.29, 1.82) is 0 Å². The van der Waals surface area contributed by atoms with Gasteiger partial charge in [0.15, 0.2) is 0 Å². The molecule has 0 bridgehead atoms. The highest BCUT2D eigenvalue weighted by molar-refractivity contribution is 5.95. The van der Waals surface area contributed by atoms with Gasteiger partial charge >= 0.3 is 5.97 Å². The van der Waals surface area contributed by atoms with Crippen molar-refractivity contribution in [3.63, 3.8) is 0 Å². The number of aryl methyl sites for hydroxylation is 2. The van der Waals surface area contributed by atoms with Gasteiger partial charge in [0.1, 0.15) is 0 Å². The van der Waals surface area contributed by atoms with Crippen LogP contribution >= 0.6 is 0 Å². The molecule has 1 aromatic heterocycles. The number of amides is 1. The van der Waals surface area contributed by atoms with Gasteiger partial charge in [0.05, 0.1) is 17.3 Å². The molecule has 1 saturated heterocycles. The molecule has 2 aromatic rings. The van der Waals surface area contributed by atoms with Crippen LogP contribution in [0.25, 0.3) is 5.69 Å². The van der Waals surface area contributed by atoms with E-state index < -0.39 is 11.9 Å². The van der Waals surface area contributed by atoms with Gasteiger partial charge in [0, 0.05) is 24.3 Å². The zero-order valence-corrected chi connectivity index (χ0v) is 13.2. The number of hydrogen-bond acceptors (Lipinski definition) is 3. The van der Waals surface area contributed by atoms with E-state index in [9.17, 15) is 9.59 Å². The highest BCUT2D eigenvalue weighted by Gasteiger charge is 2.31. The summed E-state index contributed by atoms with van der Waals surface area (Å²) in [6, 6.07) is 9.24. The first-order valence-electron chi connectivity index (χ1n) is 7.61. The highest BCUT2D eigenvalue weighted by atomic mass is 16.4. The Hall–Kier alpha value is -2.63. The van der Waals surface area contributed by atoms with E-state index in [2.05, 4.69) is 5.10 Å². The Balaban J connectivity index is 1.76. The van der Waals surface area contributed by atoms with Crippen LogP contribution in [0.2, 0.25) is 0 Å². The third kappa shape index (κ3) is 2.97. The fourth-order valence-corrected chi connectivity index (χ4v) is 2.96. The summed E-state index contributed by atoms with van der Waals surface area (Å²) in [5, 5.41) is 13.4. The van der Waals surface area contributed by atoms with Gasteiger partial charge in [0.2, 0.25) is 0 Å². The second-order valence-electron chi connectivity index (χ2n) is 5.96. The van der Waals surface area contributed by atoms with E-state index in [1.54, 1.807) is 17.0 Å². The van der Waals surface area contributed by atoms with Crippen molar-refractivity contribution in [3.05, 3.63) is 47.3 Å². The summed E-state index contributed by atoms with van der Waals surface area (Å²) in [7, 11) is 0. The van der Waals surface area contributed by atoms with Gasteiger partial charge in [-0.05, 0) is 50.6 Å². The van der Waals surface area contributed by atoms with E-state index in [1.165, 1.54) is 0 Å². The average Bonchev–Trinajstić information content (AvgIpc) is 3.13. The van der Waals surface area contributed by atoms with Crippen LogP contribution in [0.5, 0.6) is 0 Å². The molecule has 23 heavy (non-hydrogen) atoms. The third-order valence-electron chi connectivity index (χ3n) is 4.19. The Labute approximate surface area is 134 Å². The van der Waals surface area contributed by atoms with E-state index >= 15 is 0 Å². The van der Waals surface area contributed by atoms with Gasteiger partial charge in [-0.2, -0.15) is 5.10 Å². The van der Waals surface area contributed by atoms with Crippen LogP contribution in [0.3, 0.4) is 0 Å². The zero-order chi connectivity index (χ0) is 16.6. The summed E-state index contributed by atoms with van der Waals surface area (Å²) in [6.45, 7) is 4.70. The van der Waals surface area contributed by atoms with Gasteiger partial charge in [-0.25, -0.2) is 4.68 Å². The second kappa shape index (κ2) is 5.87. The molecule has 0 saturated carbocycles. The Morgan fingerprint density at radius 3 is 2.43 bits per heavy atom. The van der Waals surface area contributed by atoms with Crippen molar-refractivity contribution >= 4 is 11.9 Å². The maximum atomic E-state index is 12.4. The molecule has 1 amide bonds. The molecular formula is C17H19N3O3. The van der Waals surface area contributed by atoms with Crippen LogP contribution < -0.4 is 0 Å². The van der Waals surface area contributed by atoms with Gasteiger partial charge in [-0.3, -0.25) is 9.59 Å². The first-order chi connectivity index (χ1) is 11.0. The van der Waals surface area contributed by atoms with Gasteiger partial charge in [-0.15, -0.1) is 0 Å². The minimum atomic E-state index is -0.833.